The Morgan fingerprint density at radius 2 is 1.62 bits per heavy atom. The minimum absolute atomic E-state index is 0.0453. The van der Waals surface area contributed by atoms with Crippen LogP contribution >= 0.6 is 0 Å². The van der Waals surface area contributed by atoms with Crippen LogP contribution in [0, 0.1) is 0 Å². The van der Waals surface area contributed by atoms with Crippen LogP contribution in [0.25, 0.3) is 39.6 Å². The predicted octanol–water partition coefficient (Wildman–Crippen LogP) is 5.11. The summed E-state index contributed by atoms with van der Waals surface area (Å²) in [5.74, 6) is 0.965. The highest BCUT2D eigenvalue weighted by molar-refractivity contribution is 5.84. The Balaban J connectivity index is 0.00000133. The molecule has 0 atom stereocenters. The van der Waals surface area contributed by atoms with Crippen LogP contribution in [0.4, 0.5) is 10.2 Å². The van der Waals surface area contributed by atoms with E-state index in [1.54, 1.807) is 24.4 Å². The minimum Gasteiger partial charge on any atom is -0.392 e. The van der Waals surface area contributed by atoms with Crippen LogP contribution in [0.1, 0.15) is 25.0 Å². The summed E-state index contributed by atoms with van der Waals surface area (Å²) >= 11 is 0. The number of benzene rings is 1. The predicted molar refractivity (Wildman–Crippen MR) is 132 cm³/mol. The van der Waals surface area contributed by atoms with Crippen molar-refractivity contribution < 1.29 is 9.50 Å². The summed E-state index contributed by atoms with van der Waals surface area (Å²) in [5.41, 5.74) is 11.5. The average molecular weight is 457 g/mol. The second kappa shape index (κ2) is 10.2. The Morgan fingerprint density at radius 1 is 0.882 bits per heavy atom. The number of nitrogen functional groups attached to an aromatic ring is 1. The zero-order valence-electron chi connectivity index (χ0n) is 19.0. The van der Waals surface area contributed by atoms with Gasteiger partial charge >= 0.3 is 0 Å². The summed E-state index contributed by atoms with van der Waals surface area (Å²) in [7, 11) is 0. The molecule has 0 fully saturated rings. The molecule has 0 radical (unpaired) electrons. The number of imidazole rings is 1. The lowest BCUT2D eigenvalue weighted by Crippen LogP contribution is -2.02. The maximum absolute atomic E-state index is 12.9. The quantitative estimate of drug-likeness (QED) is 0.381. The molecule has 1 aromatic carbocycles. The van der Waals surface area contributed by atoms with Gasteiger partial charge in [-0.05, 0) is 48.0 Å². The van der Waals surface area contributed by atoms with Gasteiger partial charge in [-0.1, -0.05) is 32.0 Å². The van der Waals surface area contributed by atoms with E-state index in [0.29, 0.717) is 45.3 Å². The summed E-state index contributed by atoms with van der Waals surface area (Å²) in [4.78, 5) is 18.2. The largest absolute Gasteiger partial charge is 0.392 e. The number of nitrogens with zero attached hydrogens (tertiary/aromatic N) is 5. The van der Waals surface area contributed by atoms with Crippen LogP contribution in [-0.4, -0.2) is 29.6 Å². The molecule has 0 saturated carbocycles. The fourth-order valence-corrected chi connectivity index (χ4v) is 3.54. The van der Waals surface area contributed by atoms with Gasteiger partial charge in [0.05, 0.1) is 23.6 Å². The number of hydrogen-bond acceptors (Lipinski definition) is 6. The molecule has 0 bridgehead atoms. The van der Waals surface area contributed by atoms with Gasteiger partial charge < -0.3 is 10.8 Å². The van der Waals surface area contributed by atoms with Crippen LogP contribution in [0.5, 0.6) is 0 Å². The Labute approximate surface area is 196 Å². The highest BCUT2D eigenvalue weighted by Crippen LogP contribution is 2.31. The first-order valence-corrected chi connectivity index (χ1v) is 11.0. The van der Waals surface area contributed by atoms with Crippen molar-refractivity contribution in [2.75, 3.05) is 5.73 Å². The minimum atomic E-state index is -0.563. The van der Waals surface area contributed by atoms with Gasteiger partial charge in [-0.15, -0.1) is 0 Å². The number of hydrogen-bond donors (Lipinski definition) is 2. The number of nitrogens with two attached hydrogens (primary N) is 1. The molecule has 0 aliphatic heterocycles. The van der Waals surface area contributed by atoms with Crippen molar-refractivity contribution in [2.45, 2.75) is 27.1 Å². The Hall–Kier alpha value is -4.17. The van der Waals surface area contributed by atoms with Gasteiger partial charge in [0.25, 0.3) is 0 Å². The van der Waals surface area contributed by atoms with Gasteiger partial charge in [0.1, 0.15) is 18.0 Å². The van der Waals surface area contributed by atoms with Crippen molar-refractivity contribution in [1.82, 2.24) is 24.5 Å². The van der Waals surface area contributed by atoms with E-state index in [1.165, 1.54) is 6.20 Å². The molecule has 172 valence electrons. The lowest BCUT2D eigenvalue weighted by Gasteiger charge is -2.11. The Kier molecular flexibility index (Phi) is 6.89. The molecule has 7 nitrogen and oxygen atoms in total. The Morgan fingerprint density at radius 3 is 2.26 bits per heavy atom. The number of alkyl halides is 1. The van der Waals surface area contributed by atoms with Crippen molar-refractivity contribution in [3.8, 4) is 28.5 Å². The van der Waals surface area contributed by atoms with Crippen molar-refractivity contribution in [1.29, 1.82) is 0 Å². The monoisotopic (exact) mass is 456 g/mol. The van der Waals surface area contributed by atoms with E-state index < -0.39 is 6.67 Å². The van der Waals surface area contributed by atoms with E-state index in [0.717, 1.165) is 11.3 Å². The number of anilines is 1. The van der Waals surface area contributed by atoms with E-state index in [-0.39, 0.29) is 6.61 Å². The number of rotatable bonds is 5. The molecule has 0 unspecified atom stereocenters. The summed E-state index contributed by atoms with van der Waals surface area (Å²) in [6.45, 7) is 3.39. The standard InChI is InChI=1S/C24H19FN6O.C2H6/c25-12-16-5-8-19(28-13-16)20-9-10-21-24(29-20)31(17-6-3-15(14-32)4-7-17)23(30-21)18-2-1-11-27-22(18)26;1-2/h1-11,13,32H,12,14H2,(H2,26,27);1-2H3. The molecule has 0 aliphatic rings. The zero-order valence-corrected chi connectivity index (χ0v) is 19.0. The van der Waals surface area contributed by atoms with Gasteiger partial charge in [-0.25, -0.2) is 19.3 Å². The average Bonchev–Trinajstić information content (AvgIpc) is 3.28. The van der Waals surface area contributed by atoms with Crippen LogP contribution in [0.3, 0.4) is 0 Å². The lowest BCUT2D eigenvalue weighted by molar-refractivity contribution is 0.282. The highest BCUT2D eigenvalue weighted by atomic mass is 19.1. The van der Waals surface area contributed by atoms with Crippen molar-refractivity contribution in [3.63, 3.8) is 0 Å². The fraction of sp³-hybridized carbons (Fsp3) is 0.154. The number of pyridine rings is 3. The summed E-state index contributed by atoms with van der Waals surface area (Å²) in [6, 6.07) is 18.3. The van der Waals surface area contributed by atoms with Crippen LogP contribution in [0.15, 0.2) is 73.1 Å². The van der Waals surface area contributed by atoms with E-state index in [4.69, 9.17) is 15.7 Å². The number of aromatic nitrogens is 5. The summed E-state index contributed by atoms with van der Waals surface area (Å²) < 4.78 is 14.8. The SMILES string of the molecule is CC.Nc1ncccc1-c1nc2ccc(-c3ccc(CF)cn3)nc2n1-c1ccc(CO)cc1. The second-order valence-electron chi connectivity index (χ2n) is 7.26. The fourth-order valence-electron chi connectivity index (χ4n) is 3.54. The molecule has 0 amide bonds. The molecule has 5 rings (SSSR count). The second-order valence-corrected chi connectivity index (χ2v) is 7.26. The van der Waals surface area contributed by atoms with Crippen LogP contribution in [-0.2, 0) is 13.3 Å². The zero-order chi connectivity index (χ0) is 24.1. The third kappa shape index (κ3) is 4.35. The first-order chi connectivity index (χ1) is 16.7. The van der Waals surface area contributed by atoms with Gasteiger partial charge in [-0.3, -0.25) is 9.55 Å². The van der Waals surface area contributed by atoms with Gasteiger partial charge in [0.2, 0.25) is 0 Å². The normalized spacial score (nSPS) is 10.7. The number of fused-ring (bicyclic) bond motifs is 1. The molecule has 0 saturated heterocycles. The molecular weight excluding hydrogens is 431 g/mol. The molecule has 34 heavy (non-hydrogen) atoms. The molecule has 3 N–H and O–H groups in total. The number of aliphatic hydroxyl groups is 1. The molecule has 8 heteroatoms. The number of aliphatic hydroxyl groups excluding tert-OH is 1. The van der Waals surface area contributed by atoms with E-state index in [9.17, 15) is 9.50 Å². The third-order valence-electron chi connectivity index (χ3n) is 5.20. The highest BCUT2D eigenvalue weighted by Gasteiger charge is 2.18. The maximum Gasteiger partial charge on any atom is 0.165 e. The molecule has 0 spiro atoms. The lowest BCUT2D eigenvalue weighted by atomic mass is 10.2. The van der Waals surface area contributed by atoms with E-state index in [2.05, 4.69) is 9.97 Å². The van der Waals surface area contributed by atoms with E-state index in [1.807, 2.05) is 60.9 Å². The molecule has 0 aliphatic carbocycles. The molecule has 4 heterocycles. The van der Waals surface area contributed by atoms with Crippen molar-refractivity contribution in [2.24, 2.45) is 0 Å². The first kappa shape index (κ1) is 23.0. The van der Waals surface area contributed by atoms with Crippen molar-refractivity contribution >= 4 is 17.0 Å². The third-order valence-corrected chi connectivity index (χ3v) is 5.20. The van der Waals surface area contributed by atoms with Crippen LogP contribution in [0.2, 0.25) is 0 Å². The molecule has 4 aromatic heterocycles. The number of halogens is 1. The summed E-state index contributed by atoms with van der Waals surface area (Å²) in [6.07, 6.45) is 3.14. The molecule has 5 aromatic rings. The molecular formula is C26H25FN6O. The topological polar surface area (TPSA) is 103 Å². The maximum atomic E-state index is 12.9. The van der Waals surface area contributed by atoms with E-state index >= 15 is 0 Å². The Bertz CT molecular complexity index is 1400. The van der Waals surface area contributed by atoms with Gasteiger partial charge in [0.15, 0.2) is 11.5 Å². The summed E-state index contributed by atoms with van der Waals surface area (Å²) in [5, 5.41) is 9.41. The van der Waals surface area contributed by atoms with Crippen LogP contribution < -0.4 is 5.73 Å². The first-order valence-electron chi connectivity index (χ1n) is 11.0. The van der Waals surface area contributed by atoms with Gasteiger partial charge in [-0.2, -0.15) is 0 Å². The van der Waals surface area contributed by atoms with Crippen molar-refractivity contribution in [3.05, 3.63) is 84.2 Å². The smallest absolute Gasteiger partial charge is 0.165 e. The van der Waals surface area contributed by atoms with Gasteiger partial charge in [0, 0.05) is 23.6 Å².